The molecule has 20 heavy (non-hydrogen) atoms. The summed E-state index contributed by atoms with van der Waals surface area (Å²) in [5.74, 6) is 0.196. The Kier molecular flexibility index (Phi) is 2.44. The van der Waals surface area contributed by atoms with E-state index >= 15 is 0 Å². The van der Waals surface area contributed by atoms with E-state index in [9.17, 15) is 5.11 Å². The van der Waals surface area contributed by atoms with Crippen LogP contribution in [0, 0.1) is 0 Å². The van der Waals surface area contributed by atoms with Gasteiger partial charge < -0.3 is 5.11 Å². The SMILES string of the molecule is Oc1c(-c2ccccc2)sc2c3ccccc3cn[n+]12. The molecule has 0 amide bonds. The quantitative estimate of drug-likeness (QED) is 0.542. The zero-order valence-electron chi connectivity index (χ0n) is 10.5. The van der Waals surface area contributed by atoms with Gasteiger partial charge in [0.15, 0.2) is 4.88 Å². The molecule has 2 aromatic heterocycles. The summed E-state index contributed by atoms with van der Waals surface area (Å²) in [6.07, 6.45) is 1.78. The molecule has 0 unspecified atom stereocenters. The standard InChI is InChI=1S/C16H10N2OS/c19-15-14(11-6-2-1-3-7-11)20-16-13-9-5-4-8-12(13)10-17-18(15)16/h1-10H/p+1. The van der Waals surface area contributed by atoms with Crippen LogP contribution in [0.25, 0.3) is 26.0 Å². The van der Waals surface area contributed by atoms with Crippen molar-refractivity contribution in [2.45, 2.75) is 0 Å². The van der Waals surface area contributed by atoms with Gasteiger partial charge in [0.2, 0.25) is 0 Å². The van der Waals surface area contributed by atoms with E-state index in [0.717, 1.165) is 26.0 Å². The Labute approximate surface area is 119 Å². The topological polar surface area (TPSA) is 37.2 Å². The fraction of sp³-hybridized carbons (Fsp3) is 0. The normalized spacial score (nSPS) is 11.2. The number of aromatic hydroxyl groups is 1. The predicted octanol–water partition coefficient (Wildman–Crippen LogP) is 3.41. The van der Waals surface area contributed by atoms with E-state index < -0.39 is 0 Å². The average molecular weight is 279 g/mol. The van der Waals surface area contributed by atoms with Crippen LogP contribution >= 0.6 is 11.3 Å². The molecule has 1 N–H and O–H groups in total. The van der Waals surface area contributed by atoms with Crippen molar-refractivity contribution >= 4 is 26.9 Å². The Balaban J connectivity index is 2.10. The zero-order chi connectivity index (χ0) is 13.5. The van der Waals surface area contributed by atoms with E-state index in [1.807, 2.05) is 48.5 Å². The van der Waals surface area contributed by atoms with Crippen molar-refractivity contribution in [2.24, 2.45) is 0 Å². The van der Waals surface area contributed by atoms with E-state index in [-0.39, 0.29) is 5.88 Å². The average Bonchev–Trinajstić information content (AvgIpc) is 2.86. The highest BCUT2D eigenvalue weighted by Crippen LogP contribution is 2.35. The molecule has 3 nitrogen and oxygen atoms in total. The number of rotatable bonds is 1. The molecule has 2 aromatic carbocycles. The van der Waals surface area contributed by atoms with Crippen LogP contribution in [0.4, 0.5) is 0 Å². The molecule has 0 spiro atoms. The van der Waals surface area contributed by atoms with Crippen molar-refractivity contribution in [2.75, 3.05) is 0 Å². The third kappa shape index (κ3) is 1.58. The van der Waals surface area contributed by atoms with Crippen LogP contribution < -0.4 is 4.52 Å². The van der Waals surface area contributed by atoms with E-state index in [0.29, 0.717) is 0 Å². The van der Waals surface area contributed by atoms with Gasteiger partial charge in [-0.05, 0) is 6.07 Å². The first kappa shape index (κ1) is 11.4. The molecule has 4 aromatic rings. The third-order valence-electron chi connectivity index (χ3n) is 3.33. The molecule has 0 bridgehead atoms. The highest BCUT2D eigenvalue weighted by Gasteiger charge is 2.25. The monoisotopic (exact) mass is 279 g/mol. The molecule has 4 rings (SSSR count). The van der Waals surface area contributed by atoms with Gasteiger partial charge in [0.05, 0.1) is 5.39 Å². The van der Waals surface area contributed by atoms with E-state index in [1.165, 1.54) is 0 Å². The van der Waals surface area contributed by atoms with E-state index in [1.54, 1.807) is 22.0 Å². The molecule has 0 radical (unpaired) electrons. The number of fused-ring (bicyclic) bond motifs is 3. The summed E-state index contributed by atoms with van der Waals surface area (Å²) in [6.45, 7) is 0. The molecule has 0 aliphatic rings. The first-order chi connectivity index (χ1) is 9.84. The van der Waals surface area contributed by atoms with Gasteiger partial charge >= 0.3 is 10.7 Å². The molecule has 96 valence electrons. The summed E-state index contributed by atoms with van der Waals surface area (Å²) in [5.41, 5.74) is 1.00. The zero-order valence-corrected chi connectivity index (χ0v) is 11.3. The summed E-state index contributed by atoms with van der Waals surface area (Å²) in [5, 5.41) is 16.9. The second-order valence-electron chi connectivity index (χ2n) is 4.57. The fourth-order valence-corrected chi connectivity index (χ4v) is 3.50. The van der Waals surface area contributed by atoms with Gasteiger partial charge in [-0.2, -0.15) is 0 Å². The van der Waals surface area contributed by atoms with Gasteiger partial charge in [0, 0.05) is 20.6 Å². The van der Waals surface area contributed by atoms with Gasteiger partial charge in [-0.15, -0.1) is 0 Å². The van der Waals surface area contributed by atoms with Crippen molar-refractivity contribution in [3.63, 3.8) is 0 Å². The van der Waals surface area contributed by atoms with Gasteiger partial charge in [-0.1, -0.05) is 59.9 Å². The second-order valence-corrected chi connectivity index (χ2v) is 5.57. The summed E-state index contributed by atoms with van der Waals surface area (Å²) in [7, 11) is 0. The van der Waals surface area contributed by atoms with Gasteiger partial charge in [-0.3, -0.25) is 0 Å². The van der Waals surface area contributed by atoms with Gasteiger partial charge in [0.1, 0.15) is 6.20 Å². The Hall–Kier alpha value is -2.46. The van der Waals surface area contributed by atoms with Crippen molar-refractivity contribution in [3.05, 3.63) is 60.8 Å². The minimum Gasteiger partial charge on any atom is -0.457 e. The summed E-state index contributed by atoms with van der Waals surface area (Å²) < 4.78 is 1.61. The Bertz CT molecular complexity index is 916. The highest BCUT2D eigenvalue weighted by atomic mass is 32.1. The lowest BCUT2D eigenvalue weighted by molar-refractivity contribution is -0.583. The molecule has 0 saturated carbocycles. The number of aromatic nitrogens is 2. The lowest BCUT2D eigenvalue weighted by Crippen LogP contribution is -2.23. The van der Waals surface area contributed by atoms with Gasteiger partial charge in [0.25, 0.3) is 0 Å². The number of nitrogens with zero attached hydrogens (tertiary/aromatic N) is 2. The molecule has 2 heterocycles. The molecule has 0 aliphatic heterocycles. The summed E-state index contributed by atoms with van der Waals surface area (Å²) in [6, 6.07) is 18.0. The molecule has 4 heteroatoms. The largest absolute Gasteiger partial charge is 0.457 e. The van der Waals surface area contributed by atoms with E-state index in [4.69, 9.17) is 0 Å². The first-order valence-electron chi connectivity index (χ1n) is 6.31. The van der Waals surface area contributed by atoms with Crippen LogP contribution in [0.2, 0.25) is 0 Å². The first-order valence-corrected chi connectivity index (χ1v) is 7.13. The highest BCUT2D eigenvalue weighted by molar-refractivity contribution is 7.21. The maximum absolute atomic E-state index is 10.4. The minimum atomic E-state index is 0.196. The number of hydrogen-bond acceptors (Lipinski definition) is 3. The van der Waals surface area contributed by atoms with Crippen molar-refractivity contribution in [1.29, 1.82) is 0 Å². The Morgan fingerprint density at radius 3 is 2.55 bits per heavy atom. The second kappa shape index (κ2) is 4.28. The van der Waals surface area contributed by atoms with Gasteiger partial charge in [-0.25, -0.2) is 0 Å². The lowest BCUT2D eigenvalue weighted by atomic mass is 10.2. The maximum Gasteiger partial charge on any atom is 0.416 e. The summed E-state index contributed by atoms with van der Waals surface area (Å²) in [4.78, 5) is 1.80. The molecule has 0 atom stereocenters. The van der Waals surface area contributed by atoms with Crippen molar-refractivity contribution in [1.82, 2.24) is 5.10 Å². The fourth-order valence-electron chi connectivity index (χ4n) is 2.36. The third-order valence-corrected chi connectivity index (χ3v) is 4.54. The summed E-state index contributed by atoms with van der Waals surface area (Å²) >= 11 is 1.56. The van der Waals surface area contributed by atoms with Crippen LogP contribution in [-0.4, -0.2) is 10.2 Å². The van der Waals surface area contributed by atoms with Crippen LogP contribution in [0.1, 0.15) is 0 Å². The number of benzene rings is 2. The van der Waals surface area contributed by atoms with Crippen LogP contribution in [0.3, 0.4) is 0 Å². The lowest BCUT2D eigenvalue weighted by Gasteiger charge is -1.91. The predicted molar refractivity (Wildman–Crippen MR) is 79.9 cm³/mol. The molecule has 0 aliphatic carbocycles. The smallest absolute Gasteiger partial charge is 0.416 e. The van der Waals surface area contributed by atoms with Crippen molar-refractivity contribution < 1.29 is 9.62 Å². The van der Waals surface area contributed by atoms with Crippen LogP contribution in [0.15, 0.2) is 60.8 Å². The maximum atomic E-state index is 10.4. The Morgan fingerprint density at radius 2 is 1.70 bits per heavy atom. The number of thiazole rings is 1. The van der Waals surface area contributed by atoms with E-state index in [2.05, 4.69) is 11.2 Å². The van der Waals surface area contributed by atoms with Crippen LogP contribution in [-0.2, 0) is 0 Å². The molecule has 0 fully saturated rings. The Morgan fingerprint density at radius 1 is 0.950 bits per heavy atom. The molecular weight excluding hydrogens is 268 g/mol. The van der Waals surface area contributed by atoms with Crippen LogP contribution in [0.5, 0.6) is 5.88 Å². The van der Waals surface area contributed by atoms with Crippen molar-refractivity contribution in [3.8, 4) is 16.3 Å². The molecular formula is C16H11N2OS+. The number of hydrogen-bond donors (Lipinski definition) is 1. The molecule has 0 saturated heterocycles. The minimum absolute atomic E-state index is 0.196.